The molecule has 0 saturated carbocycles. The summed E-state index contributed by atoms with van der Waals surface area (Å²) in [5.74, 6) is -0.541. The highest BCUT2D eigenvalue weighted by Crippen LogP contribution is 2.28. The minimum Gasteiger partial charge on any atom is -0.366 e. The number of allylic oxidation sites excluding steroid dienone is 1. The molecule has 0 bridgehead atoms. The molecule has 2 rings (SSSR count). The van der Waals surface area contributed by atoms with Crippen LogP contribution in [0.15, 0.2) is 35.9 Å². The number of halogens is 1. The van der Waals surface area contributed by atoms with Gasteiger partial charge in [0.2, 0.25) is 0 Å². The SMILES string of the molecule is C/C=C(\C)[C@@H](OCc1ccc(Cl)cc1)[C@H]1COC(C)(C)O1. The summed E-state index contributed by atoms with van der Waals surface area (Å²) in [6.07, 6.45) is 1.87. The third-order valence-corrected chi connectivity index (χ3v) is 3.87. The van der Waals surface area contributed by atoms with Crippen molar-refractivity contribution in [2.75, 3.05) is 6.61 Å². The lowest BCUT2D eigenvalue weighted by Crippen LogP contribution is -2.33. The molecule has 0 spiro atoms. The van der Waals surface area contributed by atoms with E-state index in [1.165, 1.54) is 0 Å². The minimum absolute atomic E-state index is 0.0801. The van der Waals surface area contributed by atoms with Crippen molar-refractivity contribution in [1.82, 2.24) is 0 Å². The molecular weight excluding hydrogens is 288 g/mol. The molecule has 1 aromatic rings. The van der Waals surface area contributed by atoms with E-state index in [4.69, 9.17) is 25.8 Å². The van der Waals surface area contributed by atoms with E-state index in [0.29, 0.717) is 13.2 Å². The van der Waals surface area contributed by atoms with Gasteiger partial charge in [0, 0.05) is 5.02 Å². The van der Waals surface area contributed by atoms with Crippen molar-refractivity contribution in [2.24, 2.45) is 0 Å². The number of ether oxygens (including phenoxy) is 3. The van der Waals surface area contributed by atoms with E-state index < -0.39 is 5.79 Å². The zero-order valence-electron chi connectivity index (χ0n) is 13.1. The van der Waals surface area contributed by atoms with Crippen LogP contribution in [0.3, 0.4) is 0 Å². The summed E-state index contributed by atoms with van der Waals surface area (Å²) in [5.41, 5.74) is 2.24. The van der Waals surface area contributed by atoms with Crippen LogP contribution >= 0.6 is 11.6 Å². The first-order valence-corrected chi connectivity index (χ1v) is 7.60. The van der Waals surface area contributed by atoms with Gasteiger partial charge in [-0.3, -0.25) is 0 Å². The Balaban J connectivity index is 2.02. The Bertz CT molecular complexity index is 493. The Morgan fingerprint density at radius 3 is 2.62 bits per heavy atom. The topological polar surface area (TPSA) is 27.7 Å². The quantitative estimate of drug-likeness (QED) is 0.757. The Kier molecular flexibility index (Phi) is 5.44. The maximum Gasteiger partial charge on any atom is 0.163 e. The second kappa shape index (κ2) is 6.93. The normalized spacial score (nSPS) is 23.3. The van der Waals surface area contributed by atoms with E-state index in [-0.39, 0.29) is 12.2 Å². The van der Waals surface area contributed by atoms with Gasteiger partial charge in [0.1, 0.15) is 12.2 Å². The molecule has 1 aliphatic heterocycles. The molecule has 0 radical (unpaired) electrons. The summed E-state index contributed by atoms with van der Waals surface area (Å²) in [4.78, 5) is 0. The van der Waals surface area contributed by atoms with Gasteiger partial charge in [0.25, 0.3) is 0 Å². The lowest BCUT2D eigenvalue weighted by molar-refractivity contribution is -0.153. The number of hydrogen-bond donors (Lipinski definition) is 0. The summed E-state index contributed by atoms with van der Waals surface area (Å²) >= 11 is 5.90. The fraction of sp³-hybridized carbons (Fsp3) is 0.529. The molecule has 3 nitrogen and oxygen atoms in total. The van der Waals surface area contributed by atoms with Crippen LogP contribution in [-0.2, 0) is 20.8 Å². The van der Waals surface area contributed by atoms with Gasteiger partial charge in [-0.05, 0) is 51.0 Å². The maximum absolute atomic E-state index is 6.08. The van der Waals surface area contributed by atoms with E-state index in [9.17, 15) is 0 Å². The van der Waals surface area contributed by atoms with Crippen molar-refractivity contribution in [3.8, 4) is 0 Å². The zero-order chi connectivity index (χ0) is 15.5. The van der Waals surface area contributed by atoms with Crippen molar-refractivity contribution < 1.29 is 14.2 Å². The lowest BCUT2D eigenvalue weighted by Gasteiger charge is -2.25. The molecule has 2 atom stereocenters. The van der Waals surface area contributed by atoms with Crippen molar-refractivity contribution in [3.63, 3.8) is 0 Å². The largest absolute Gasteiger partial charge is 0.366 e. The summed E-state index contributed by atoms with van der Waals surface area (Å²) in [6, 6.07) is 7.69. The van der Waals surface area contributed by atoms with E-state index in [1.807, 2.05) is 45.0 Å². The summed E-state index contributed by atoms with van der Waals surface area (Å²) in [5, 5.41) is 0.731. The molecule has 0 aromatic heterocycles. The maximum atomic E-state index is 6.08. The van der Waals surface area contributed by atoms with Gasteiger partial charge < -0.3 is 14.2 Å². The molecule has 0 aliphatic carbocycles. The predicted molar refractivity (Wildman–Crippen MR) is 84.4 cm³/mol. The molecule has 21 heavy (non-hydrogen) atoms. The molecule has 1 aromatic carbocycles. The van der Waals surface area contributed by atoms with Gasteiger partial charge >= 0.3 is 0 Å². The van der Waals surface area contributed by atoms with Crippen molar-refractivity contribution >= 4 is 11.6 Å². The van der Waals surface area contributed by atoms with Crippen molar-refractivity contribution in [3.05, 3.63) is 46.5 Å². The number of rotatable bonds is 5. The first kappa shape index (κ1) is 16.5. The molecule has 1 saturated heterocycles. The summed E-state index contributed by atoms with van der Waals surface area (Å²) in [7, 11) is 0. The van der Waals surface area contributed by atoms with Crippen LogP contribution in [0.5, 0.6) is 0 Å². The van der Waals surface area contributed by atoms with E-state index in [2.05, 4.69) is 13.0 Å². The van der Waals surface area contributed by atoms with Crippen LogP contribution in [0.2, 0.25) is 5.02 Å². The molecule has 116 valence electrons. The van der Waals surface area contributed by atoms with Crippen LogP contribution in [0.25, 0.3) is 0 Å². The molecule has 1 fully saturated rings. The van der Waals surface area contributed by atoms with Gasteiger partial charge in [0.15, 0.2) is 5.79 Å². The number of hydrogen-bond acceptors (Lipinski definition) is 3. The highest BCUT2D eigenvalue weighted by molar-refractivity contribution is 6.30. The minimum atomic E-state index is -0.541. The van der Waals surface area contributed by atoms with Gasteiger partial charge in [-0.2, -0.15) is 0 Å². The van der Waals surface area contributed by atoms with E-state index in [0.717, 1.165) is 16.2 Å². The van der Waals surface area contributed by atoms with Crippen LogP contribution < -0.4 is 0 Å². The molecule has 1 heterocycles. The van der Waals surface area contributed by atoms with Gasteiger partial charge in [-0.25, -0.2) is 0 Å². The lowest BCUT2D eigenvalue weighted by atomic mass is 10.1. The zero-order valence-corrected chi connectivity index (χ0v) is 13.8. The summed E-state index contributed by atoms with van der Waals surface area (Å²) in [6.45, 7) is 8.98. The van der Waals surface area contributed by atoms with Gasteiger partial charge in [0.05, 0.1) is 13.2 Å². The molecule has 0 N–H and O–H groups in total. The van der Waals surface area contributed by atoms with Crippen LogP contribution in [0, 0.1) is 0 Å². The Labute approximate surface area is 131 Å². The fourth-order valence-electron chi connectivity index (χ4n) is 2.33. The van der Waals surface area contributed by atoms with Gasteiger partial charge in [-0.1, -0.05) is 29.8 Å². The fourth-order valence-corrected chi connectivity index (χ4v) is 2.45. The second-order valence-electron chi connectivity index (χ2n) is 5.76. The Hall–Kier alpha value is -0.870. The third kappa shape index (κ3) is 4.55. The molecular formula is C17H23ClO3. The highest BCUT2D eigenvalue weighted by Gasteiger charge is 2.38. The third-order valence-electron chi connectivity index (χ3n) is 3.62. The van der Waals surface area contributed by atoms with Crippen LogP contribution in [0.1, 0.15) is 33.3 Å². The standard InChI is InChI=1S/C17H23ClO3/c1-5-12(2)16(15-11-20-17(3,4)21-15)19-10-13-6-8-14(18)9-7-13/h5-9,15-16H,10-11H2,1-4H3/b12-5+/t15-,16-/m1/s1. The first-order valence-electron chi connectivity index (χ1n) is 7.22. The monoisotopic (exact) mass is 310 g/mol. The van der Waals surface area contributed by atoms with Crippen LogP contribution in [0.4, 0.5) is 0 Å². The average Bonchev–Trinajstić information content (AvgIpc) is 2.81. The predicted octanol–water partition coefficient (Wildman–Crippen LogP) is 4.34. The number of benzene rings is 1. The smallest absolute Gasteiger partial charge is 0.163 e. The van der Waals surface area contributed by atoms with Crippen LogP contribution in [-0.4, -0.2) is 24.6 Å². The first-order chi connectivity index (χ1) is 9.91. The Morgan fingerprint density at radius 2 is 2.10 bits per heavy atom. The highest BCUT2D eigenvalue weighted by atomic mass is 35.5. The molecule has 1 aliphatic rings. The molecule has 4 heteroatoms. The van der Waals surface area contributed by atoms with E-state index in [1.54, 1.807) is 0 Å². The average molecular weight is 311 g/mol. The summed E-state index contributed by atoms with van der Waals surface area (Å²) < 4.78 is 17.7. The van der Waals surface area contributed by atoms with Crippen molar-refractivity contribution in [1.29, 1.82) is 0 Å². The van der Waals surface area contributed by atoms with Crippen molar-refractivity contribution in [2.45, 2.75) is 52.3 Å². The molecule has 0 unspecified atom stereocenters. The van der Waals surface area contributed by atoms with E-state index >= 15 is 0 Å². The molecule has 0 amide bonds. The second-order valence-corrected chi connectivity index (χ2v) is 6.19. The van der Waals surface area contributed by atoms with Gasteiger partial charge in [-0.15, -0.1) is 0 Å². The Morgan fingerprint density at radius 1 is 1.43 bits per heavy atom.